The van der Waals surface area contributed by atoms with Gasteiger partial charge in [-0.1, -0.05) is 39.3 Å². The fraction of sp³-hybridized carbons (Fsp3) is 0.818. The quantitative estimate of drug-likeness (QED) is 0.503. The van der Waals surface area contributed by atoms with E-state index in [0.29, 0.717) is 0 Å². The van der Waals surface area contributed by atoms with E-state index in [-0.39, 0.29) is 0 Å². The Labute approximate surface area is 70.7 Å². The van der Waals surface area contributed by atoms with Crippen LogP contribution in [0.25, 0.3) is 0 Å². The van der Waals surface area contributed by atoms with Crippen LogP contribution in [0.3, 0.4) is 0 Å². The Kier molecular flexibility index (Phi) is 2.75. The molecule has 1 aliphatic carbocycles. The Morgan fingerprint density at radius 1 is 1.36 bits per heavy atom. The van der Waals surface area contributed by atoms with Crippen molar-refractivity contribution in [1.82, 2.24) is 0 Å². The van der Waals surface area contributed by atoms with E-state index in [0.717, 1.165) is 17.8 Å². The number of rotatable bonds is 1. The fourth-order valence-corrected chi connectivity index (χ4v) is 1.72. The first-order chi connectivity index (χ1) is 5.11. The molecule has 0 aromatic carbocycles. The Hall–Kier alpha value is -0.260. The van der Waals surface area contributed by atoms with Gasteiger partial charge in [-0.25, -0.2) is 0 Å². The van der Waals surface area contributed by atoms with Crippen LogP contribution >= 0.6 is 0 Å². The van der Waals surface area contributed by atoms with E-state index >= 15 is 0 Å². The lowest BCUT2D eigenvalue weighted by Gasteiger charge is -2.26. The fourth-order valence-electron chi connectivity index (χ4n) is 1.72. The lowest BCUT2D eigenvalue weighted by atomic mass is 9.80. The maximum Gasteiger partial charge on any atom is -0.0233 e. The Bertz CT molecular complexity index is 153. The molecule has 0 radical (unpaired) electrons. The number of hydrogen-bond donors (Lipinski definition) is 0. The Morgan fingerprint density at radius 3 is 2.45 bits per heavy atom. The van der Waals surface area contributed by atoms with Crippen molar-refractivity contribution in [1.29, 1.82) is 0 Å². The average Bonchev–Trinajstić information content (AvgIpc) is 1.94. The van der Waals surface area contributed by atoms with Gasteiger partial charge >= 0.3 is 0 Å². The largest absolute Gasteiger partial charge is 0.0820 e. The molecular weight excluding hydrogens is 132 g/mol. The maximum absolute atomic E-state index is 2.48. The molecule has 0 saturated heterocycles. The summed E-state index contributed by atoms with van der Waals surface area (Å²) < 4.78 is 0. The molecule has 64 valence electrons. The first-order valence-electron chi connectivity index (χ1n) is 4.82. The molecule has 0 fully saturated rings. The van der Waals surface area contributed by atoms with Crippen molar-refractivity contribution in [2.45, 2.75) is 40.5 Å². The van der Waals surface area contributed by atoms with E-state index in [9.17, 15) is 0 Å². The van der Waals surface area contributed by atoms with E-state index in [1.165, 1.54) is 12.8 Å². The lowest BCUT2D eigenvalue weighted by molar-refractivity contribution is 0.392. The maximum atomic E-state index is 2.48. The summed E-state index contributed by atoms with van der Waals surface area (Å²) in [7, 11) is 0. The van der Waals surface area contributed by atoms with Crippen LogP contribution in [0.4, 0.5) is 0 Å². The zero-order valence-corrected chi connectivity index (χ0v) is 8.22. The van der Waals surface area contributed by atoms with Crippen molar-refractivity contribution in [3.63, 3.8) is 0 Å². The molecule has 0 amide bonds. The summed E-state index contributed by atoms with van der Waals surface area (Å²) in [6.45, 7) is 9.30. The van der Waals surface area contributed by atoms with Gasteiger partial charge in [0.1, 0.15) is 0 Å². The van der Waals surface area contributed by atoms with Crippen LogP contribution in [0.15, 0.2) is 11.6 Å². The third-order valence-corrected chi connectivity index (χ3v) is 3.00. The van der Waals surface area contributed by atoms with Crippen LogP contribution in [-0.4, -0.2) is 0 Å². The third-order valence-electron chi connectivity index (χ3n) is 3.00. The van der Waals surface area contributed by atoms with Crippen LogP contribution in [0.1, 0.15) is 40.5 Å². The van der Waals surface area contributed by atoms with Crippen LogP contribution < -0.4 is 0 Å². The van der Waals surface area contributed by atoms with Gasteiger partial charge in [0.05, 0.1) is 0 Å². The first kappa shape index (κ1) is 8.83. The van der Waals surface area contributed by atoms with Gasteiger partial charge < -0.3 is 0 Å². The second-order valence-corrected chi connectivity index (χ2v) is 4.27. The van der Waals surface area contributed by atoms with E-state index in [1.807, 2.05) is 0 Å². The smallest absolute Gasteiger partial charge is 0.0233 e. The highest BCUT2D eigenvalue weighted by Crippen LogP contribution is 2.31. The minimum absolute atomic E-state index is 0.768. The number of hydrogen-bond acceptors (Lipinski definition) is 0. The topological polar surface area (TPSA) is 0 Å². The SMILES string of the molecule is CC(C)C1=CC(C)C(C)CC1. The van der Waals surface area contributed by atoms with Gasteiger partial charge in [-0.3, -0.25) is 0 Å². The van der Waals surface area contributed by atoms with Gasteiger partial charge in [-0.15, -0.1) is 0 Å². The highest BCUT2D eigenvalue weighted by molar-refractivity contribution is 5.10. The third kappa shape index (κ3) is 2.08. The monoisotopic (exact) mass is 152 g/mol. The van der Waals surface area contributed by atoms with Gasteiger partial charge in [0, 0.05) is 0 Å². The van der Waals surface area contributed by atoms with Crippen molar-refractivity contribution >= 4 is 0 Å². The summed E-state index contributed by atoms with van der Waals surface area (Å²) in [5, 5.41) is 0. The molecule has 1 aliphatic rings. The molecule has 2 atom stereocenters. The summed E-state index contributed by atoms with van der Waals surface area (Å²) in [4.78, 5) is 0. The predicted molar refractivity (Wildman–Crippen MR) is 50.5 cm³/mol. The van der Waals surface area contributed by atoms with Crippen molar-refractivity contribution in [3.05, 3.63) is 11.6 Å². The van der Waals surface area contributed by atoms with E-state index < -0.39 is 0 Å². The molecule has 0 heterocycles. The molecule has 0 aromatic heterocycles. The molecular formula is C11H20. The molecule has 0 aromatic rings. The second-order valence-electron chi connectivity index (χ2n) is 4.27. The number of allylic oxidation sites excluding steroid dienone is 2. The normalized spacial score (nSPS) is 32.3. The average molecular weight is 152 g/mol. The predicted octanol–water partition coefficient (Wildman–Crippen LogP) is 3.63. The lowest BCUT2D eigenvalue weighted by Crippen LogP contribution is -2.13. The van der Waals surface area contributed by atoms with Crippen LogP contribution in [0.2, 0.25) is 0 Å². The molecule has 2 unspecified atom stereocenters. The summed E-state index contributed by atoms with van der Waals surface area (Å²) in [6, 6.07) is 0. The van der Waals surface area contributed by atoms with Gasteiger partial charge in [-0.2, -0.15) is 0 Å². The molecule has 0 saturated carbocycles. The molecule has 0 N–H and O–H groups in total. The minimum Gasteiger partial charge on any atom is -0.0820 e. The minimum atomic E-state index is 0.768. The van der Waals surface area contributed by atoms with E-state index in [2.05, 4.69) is 33.8 Å². The summed E-state index contributed by atoms with van der Waals surface area (Å²) >= 11 is 0. The molecule has 0 bridgehead atoms. The molecule has 0 spiro atoms. The van der Waals surface area contributed by atoms with E-state index in [1.54, 1.807) is 5.57 Å². The highest BCUT2D eigenvalue weighted by Gasteiger charge is 2.17. The molecule has 1 rings (SSSR count). The summed E-state index contributed by atoms with van der Waals surface area (Å²) in [6.07, 6.45) is 5.22. The molecule has 0 heteroatoms. The van der Waals surface area contributed by atoms with Gasteiger partial charge in [0.2, 0.25) is 0 Å². The zero-order valence-electron chi connectivity index (χ0n) is 8.22. The summed E-state index contributed by atoms with van der Waals surface area (Å²) in [5.74, 6) is 2.48. The summed E-state index contributed by atoms with van der Waals surface area (Å²) in [5.41, 5.74) is 1.68. The Morgan fingerprint density at radius 2 is 2.00 bits per heavy atom. The Balaban J connectivity index is 2.63. The second kappa shape index (κ2) is 3.42. The van der Waals surface area contributed by atoms with Crippen LogP contribution in [0, 0.1) is 17.8 Å². The van der Waals surface area contributed by atoms with Crippen molar-refractivity contribution in [3.8, 4) is 0 Å². The molecule has 0 nitrogen and oxygen atoms in total. The van der Waals surface area contributed by atoms with Crippen molar-refractivity contribution in [2.24, 2.45) is 17.8 Å². The van der Waals surface area contributed by atoms with Gasteiger partial charge in [0.15, 0.2) is 0 Å². The van der Waals surface area contributed by atoms with Crippen LogP contribution in [0.5, 0.6) is 0 Å². The van der Waals surface area contributed by atoms with Gasteiger partial charge in [-0.05, 0) is 30.6 Å². The first-order valence-corrected chi connectivity index (χ1v) is 4.82. The van der Waals surface area contributed by atoms with Crippen molar-refractivity contribution in [2.75, 3.05) is 0 Å². The van der Waals surface area contributed by atoms with Crippen molar-refractivity contribution < 1.29 is 0 Å². The molecule has 11 heavy (non-hydrogen) atoms. The van der Waals surface area contributed by atoms with Crippen LogP contribution in [-0.2, 0) is 0 Å². The zero-order chi connectivity index (χ0) is 8.43. The van der Waals surface area contributed by atoms with E-state index in [4.69, 9.17) is 0 Å². The standard InChI is InChI=1S/C11H20/c1-8(2)11-6-5-9(3)10(4)7-11/h7-10H,5-6H2,1-4H3. The van der Waals surface area contributed by atoms with Gasteiger partial charge in [0.25, 0.3) is 0 Å². The highest BCUT2D eigenvalue weighted by atomic mass is 14.2. The molecule has 0 aliphatic heterocycles.